The zero-order chi connectivity index (χ0) is 15.4. The minimum Gasteiger partial charge on any atom is -0.497 e. The van der Waals surface area contributed by atoms with Crippen molar-refractivity contribution in [2.45, 2.75) is 6.54 Å². The Bertz CT molecular complexity index is 660. The molecule has 0 radical (unpaired) electrons. The average Bonchev–Trinajstić information content (AvgIpc) is 2.46. The van der Waals surface area contributed by atoms with Crippen LogP contribution in [-0.2, 0) is 6.54 Å². The highest BCUT2D eigenvalue weighted by Gasteiger charge is 2.12. The van der Waals surface area contributed by atoms with Gasteiger partial charge in [0.2, 0.25) is 0 Å². The summed E-state index contributed by atoms with van der Waals surface area (Å²) in [6, 6.07) is 13.4. The normalized spacial score (nSPS) is 10.2. The molecule has 0 spiro atoms. The second-order valence-electron chi connectivity index (χ2n) is 4.73. The first-order valence-corrected chi connectivity index (χ1v) is 7.23. The van der Waals surface area contributed by atoms with Gasteiger partial charge in [0, 0.05) is 30.2 Å². The average molecular weight is 321 g/mol. The zero-order valence-corrected chi connectivity index (χ0v) is 13.5. The summed E-state index contributed by atoms with van der Waals surface area (Å²) in [7, 11) is 3.62. The maximum absolute atomic E-state index is 6.02. The van der Waals surface area contributed by atoms with E-state index in [2.05, 4.69) is 4.90 Å². The lowest BCUT2D eigenvalue weighted by Crippen LogP contribution is -2.21. The number of nitrogens with zero attached hydrogens (tertiary/aromatic N) is 1. The molecule has 3 nitrogen and oxygen atoms in total. The van der Waals surface area contributed by atoms with Crippen molar-refractivity contribution in [3.63, 3.8) is 0 Å². The van der Waals surface area contributed by atoms with Gasteiger partial charge >= 0.3 is 0 Å². The number of rotatable bonds is 5. The van der Waals surface area contributed by atoms with E-state index in [-0.39, 0.29) is 0 Å². The van der Waals surface area contributed by atoms with Gasteiger partial charge in [-0.1, -0.05) is 36.0 Å². The summed E-state index contributed by atoms with van der Waals surface area (Å²) in [5.74, 6) is 0.767. The topological polar surface area (TPSA) is 38.5 Å². The summed E-state index contributed by atoms with van der Waals surface area (Å²) in [5, 5.41) is 0.723. The molecule has 0 heterocycles. The van der Waals surface area contributed by atoms with E-state index in [0.29, 0.717) is 11.5 Å². The van der Waals surface area contributed by atoms with E-state index >= 15 is 0 Å². The fraction of sp³-hybridized carbons (Fsp3) is 0.188. The van der Waals surface area contributed by atoms with E-state index in [1.54, 1.807) is 7.11 Å². The van der Waals surface area contributed by atoms with Crippen LogP contribution in [0.1, 0.15) is 11.1 Å². The van der Waals surface area contributed by atoms with Crippen molar-refractivity contribution in [1.29, 1.82) is 0 Å². The Labute approximate surface area is 135 Å². The van der Waals surface area contributed by atoms with Gasteiger partial charge < -0.3 is 15.4 Å². The number of hydrogen-bond acceptors (Lipinski definition) is 3. The summed E-state index contributed by atoms with van der Waals surface area (Å²) in [4.78, 5) is 2.44. The van der Waals surface area contributed by atoms with Crippen molar-refractivity contribution >= 4 is 34.5 Å². The predicted octanol–water partition coefficient (Wildman–Crippen LogP) is 3.62. The molecule has 0 bridgehead atoms. The van der Waals surface area contributed by atoms with Crippen molar-refractivity contribution in [3.8, 4) is 5.75 Å². The Kier molecular flexibility index (Phi) is 5.04. The van der Waals surface area contributed by atoms with Crippen molar-refractivity contribution in [1.82, 2.24) is 0 Å². The number of hydrogen-bond donors (Lipinski definition) is 1. The summed E-state index contributed by atoms with van der Waals surface area (Å²) in [6.07, 6.45) is 0. The van der Waals surface area contributed by atoms with E-state index in [0.717, 1.165) is 27.6 Å². The smallest absolute Gasteiger partial charge is 0.120 e. The molecule has 2 N–H and O–H groups in total. The lowest BCUT2D eigenvalue weighted by atomic mass is 10.1. The highest BCUT2D eigenvalue weighted by atomic mass is 35.5. The second-order valence-corrected chi connectivity index (χ2v) is 5.61. The van der Waals surface area contributed by atoms with Gasteiger partial charge in [0.25, 0.3) is 0 Å². The van der Waals surface area contributed by atoms with Crippen LogP contribution in [0.25, 0.3) is 0 Å². The predicted molar refractivity (Wildman–Crippen MR) is 92.4 cm³/mol. The van der Waals surface area contributed by atoms with Crippen LogP contribution in [-0.4, -0.2) is 19.1 Å². The third-order valence-corrected chi connectivity index (χ3v) is 3.65. The number of benzene rings is 2. The first-order chi connectivity index (χ1) is 10.0. The Morgan fingerprint density at radius 1 is 1.29 bits per heavy atom. The van der Waals surface area contributed by atoms with Crippen LogP contribution in [0, 0.1) is 0 Å². The standard InChI is InChI=1S/C16H17ClN2OS/c1-19(10-11-4-3-5-12(17)8-11)15-9-13(20-2)6-7-14(15)16(18)21/h3-9H,10H2,1-2H3,(H2,18,21). The van der Waals surface area contributed by atoms with Gasteiger partial charge in [-0.2, -0.15) is 0 Å². The summed E-state index contributed by atoms with van der Waals surface area (Å²) in [5.41, 5.74) is 8.68. The Balaban J connectivity index is 2.33. The molecule has 2 aromatic rings. The van der Waals surface area contributed by atoms with E-state index in [9.17, 15) is 0 Å². The Hall–Kier alpha value is -1.78. The van der Waals surface area contributed by atoms with Crippen LogP contribution < -0.4 is 15.4 Å². The fourth-order valence-corrected chi connectivity index (χ4v) is 2.54. The second kappa shape index (κ2) is 6.78. The largest absolute Gasteiger partial charge is 0.497 e. The lowest BCUT2D eigenvalue weighted by molar-refractivity contribution is 0.415. The number of anilines is 1. The molecule has 0 saturated carbocycles. The molecule has 0 aliphatic carbocycles. The minimum atomic E-state index is 0.366. The zero-order valence-electron chi connectivity index (χ0n) is 12.0. The molecule has 5 heteroatoms. The van der Waals surface area contributed by atoms with Crippen molar-refractivity contribution < 1.29 is 4.74 Å². The third kappa shape index (κ3) is 3.86. The SMILES string of the molecule is COc1ccc(C(N)=S)c(N(C)Cc2cccc(Cl)c2)c1. The molecular formula is C16H17ClN2OS. The van der Waals surface area contributed by atoms with E-state index < -0.39 is 0 Å². The van der Waals surface area contributed by atoms with Crippen LogP contribution in [0.5, 0.6) is 5.75 Å². The van der Waals surface area contributed by atoms with Crippen molar-refractivity contribution in [3.05, 3.63) is 58.6 Å². The molecule has 0 atom stereocenters. The molecule has 0 aliphatic heterocycles. The number of thiocarbonyl (C=S) groups is 1. The molecule has 0 unspecified atom stereocenters. The van der Waals surface area contributed by atoms with Crippen LogP contribution in [0.3, 0.4) is 0 Å². The summed E-state index contributed by atoms with van der Waals surface area (Å²) in [6.45, 7) is 0.698. The van der Waals surface area contributed by atoms with E-state index in [1.807, 2.05) is 49.5 Å². The molecule has 0 aromatic heterocycles. The molecule has 21 heavy (non-hydrogen) atoms. The number of halogens is 1. The minimum absolute atomic E-state index is 0.366. The van der Waals surface area contributed by atoms with Gasteiger partial charge in [-0.25, -0.2) is 0 Å². The molecule has 0 saturated heterocycles. The Morgan fingerprint density at radius 2 is 2.05 bits per heavy atom. The maximum Gasteiger partial charge on any atom is 0.120 e. The summed E-state index contributed by atoms with van der Waals surface area (Å²) < 4.78 is 5.28. The highest BCUT2D eigenvalue weighted by molar-refractivity contribution is 7.80. The quantitative estimate of drug-likeness (QED) is 0.854. The molecule has 0 aliphatic rings. The van der Waals surface area contributed by atoms with Crippen LogP contribution in [0.15, 0.2) is 42.5 Å². The van der Waals surface area contributed by atoms with Gasteiger partial charge in [-0.3, -0.25) is 0 Å². The highest BCUT2D eigenvalue weighted by Crippen LogP contribution is 2.27. The number of nitrogens with two attached hydrogens (primary N) is 1. The van der Waals surface area contributed by atoms with Crippen LogP contribution in [0.2, 0.25) is 5.02 Å². The lowest BCUT2D eigenvalue weighted by Gasteiger charge is -2.23. The van der Waals surface area contributed by atoms with E-state index in [1.165, 1.54) is 0 Å². The fourth-order valence-electron chi connectivity index (χ4n) is 2.16. The van der Waals surface area contributed by atoms with Crippen LogP contribution in [0.4, 0.5) is 5.69 Å². The van der Waals surface area contributed by atoms with Gasteiger partial charge in [0.05, 0.1) is 12.8 Å². The van der Waals surface area contributed by atoms with Gasteiger partial charge in [0.1, 0.15) is 10.7 Å². The maximum atomic E-state index is 6.02. The molecule has 2 aromatic carbocycles. The third-order valence-electron chi connectivity index (χ3n) is 3.19. The van der Waals surface area contributed by atoms with Crippen molar-refractivity contribution in [2.75, 3.05) is 19.1 Å². The number of ether oxygens (including phenoxy) is 1. The molecule has 0 amide bonds. The first kappa shape index (κ1) is 15.6. The van der Waals surface area contributed by atoms with Gasteiger partial charge in [-0.05, 0) is 29.8 Å². The Morgan fingerprint density at radius 3 is 2.67 bits per heavy atom. The number of methoxy groups -OCH3 is 1. The van der Waals surface area contributed by atoms with Crippen LogP contribution >= 0.6 is 23.8 Å². The molecule has 0 fully saturated rings. The first-order valence-electron chi connectivity index (χ1n) is 6.44. The summed E-state index contributed by atoms with van der Waals surface area (Å²) >= 11 is 11.1. The van der Waals surface area contributed by atoms with Crippen molar-refractivity contribution in [2.24, 2.45) is 5.73 Å². The molecule has 110 valence electrons. The van der Waals surface area contributed by atoms with Gasteiger partial charge in [0.15, 0.2) is 0 Å². The monoisotopic (exact) mass is 320 g/mol. The van der Waals surface area contributed by atoms with Gasteiger partial charge in [-0.15, -0.1) is 0 Å². The van der Waals surface area contributed by atoms with E-state index in [4.69, 9.17) is 34.3 Å². The molecule has 2 rings (SSSR count). The molecular weight excluding hydrogens is 304 g/mol.